The van der Waals surface area contributed by atoms with Crippen molar-refractivity contribution in [2.45, 2.75) is 6.04 Å². The first-order valence-corrected chi connectivity index (χ1v) is 7.77. The maximum Gasteiger partial charge on any atom is 0.270 e. The van der Waals surface area contributed by atoms with Gasteiger partial charge in [0.25, 0.3) is 5.91 Å². The third-order valence-corrected chi connectivity index (χ3v) is 3.69. The fourth-order valence-corrected chi connectivity index (χ4v) is 2.28. The molecule has 0 aliphatic heterocycles. The Morgan fingerprint density at radius 2 is 1.88 bits per heavy atom. The van der Waals surface area contributed by atoms with E-state index in [9.17, 15) is 14.0 Å². The lowest BCUT2D eigenvalue weighted by Crippen LogP contribution is -2.41. The molecule has 0 spiro atoms. The van der Waals surface area contributed by atoms with Gasteiger partial charge in [-0.1, -0.05) is 34.1 Å². The van der Waals surface area contributed by atoms with E-state index in [-0.39, 0.29) is 6.54 Å². The Bertz CT molecular complexity index is 725. The number of benzene rings is 2. The van der Waals surface area contributed by atoms with Gasteiger partial charge in [0, 0.05) is 10.2 Å². The van der Waals surface area contributed by atoms with Crippen molar-refractivity contribution in [3.63, 3.8) is 0 Å². The maximum absolute atomic E-state index is 13.1. The van der Waals surface area contributed by atoms with Crippen LogP contribution in [-0.2, 0) is 9.59 Å². The van der Waals surface area contributed by atoms with E-state index in [2.05, 4.69) is 26.6 Å². The molecule has 0 heterocycles. The smallest absolute Gasteiger partial charge is 0.270 e. The largest absolute Gasteiger partial charge is 0.376 e. The quantitative estimate of drug-likeness (QED) is 0.446. The van der Waals surface area contributed by atoms with Gasteiger partial charge in [-0.05, 0) is 35.9 Å². The zero-order chi connectivity index (χ0) is 17.5. The molecule has 1 atom stereocenters. The third-order valence-electron chi connectivity index (χ3n) is 3.16. The maximum atomic E-state index is 13.1. The Morgan fingerprint density at radius 3 is 2.50 bits per heavy atom. The van der Waals surface area contributed by atoms with Crippen LogP contribution in [0, 0.1) is 5.82 Å². The van der Waals surface area contributed by atoms with E-state index in [0.717, 1.165) is 4.47 Å². The third kappa shape index (κ3) is 5.04. The van der Waals surface area contributed by atoms with Gasteiger partial charge in [-0.15, -0.1) is 0 Å². The summed E-state index contributed by atoms with van der Waals surface area (Å²) in [6.07, 6.45) is 0. The van der Waals surface area contributed by atoms with E-state index in [1.807, 2.05) is 0 Å². The minimum Gasteiger partial charge on any atom is -0.376 e. The molecule has 0 fully saturated rings. The summed E-state index contributed by atoms with van der Waals surface area (Å²) in [5, 5.41) is 14.1. The molecule has 24 heavy (non-hydrogen) atoms. The number of carbonyl (C=O) groups is 2. The number of amides is 2. The van der Waals surface area contributed by atoms with Gasteiger partial charge in [0.1, 0.15) is 11.9 Å². The van der Waals surface area contributed by atoms with Crippen molar-refractivity contribution in [3.05, 3.63) is 64.4 Å². The fraction of sp³-hybridized carbons (Fsp3) is 0.125. The lowest BCUT2D eigenvalue weighted by atomic mass is 10.1. The average Bonchev–Trinajstić information content (AvgIpc) is 2.58. The molecular weight excluding hydrogens is 381 g/mol. The summed E-state index contributed by atoms with van der Waals surface area (Å²) >= 11 is 3.28. The summed E-state index contributed by atoms with van der Waals surface area (Å²) in [5.41, 5.74) is 2.47. The molecule has 0 aliphatic carbocycles. The van der Waals surface area contributed by atoms with Crippen molar-refractivity contribution < 1.29 is 19.2 Å². The molecule has 2 aromatic rings. The first-order valence-electron chi connectivity index (χ1n) is 6.98. The average molecular weight is 396 g/mol. The van der Waals surface area contributed by atoms with E-state index >= 15 is 0 Å². The summed E-state index contributed by atoms with van der Waals surface area (Å²) < 4.78 is 13.9. The molecule has 6 nitrogen and oxygen atoms in total. The highest BCUT2D eigenvalue weighted by atomic mass is 79.9. The zero-order valence-electron chi connectivity index (χ0n) is 12.4. The highest BCUT2D eigenvalue weighted by molar-refractivity contribution is 9.10. The van der Waals surface area contributed by atoms with Crippen LogP contribution in [0.4, 0.5) is 10.1 Å². The Morgan fingerprint density at radius 1 is 1.17 bits per heavy atom. The van der Waals surface area contributed by atoms with Gasteiger partial charge >= 0.3 is 0 Å². The molecule has 0 saturated heterocycles. The highest BCUT2D eigenvalue weighted by Gasteiger charge is 2.22. The van der Waals surface area contributed by atoms with Crippen molar-refractivity contribution in [3.8, 4) is 0 Å². The minimum atomic E-state index is -1.05. The van der Waals surface area contributed by atoms with Crippen molar-refractivity contribution in [1.29, 1.82) is 0 Å². The topological polar surface area (TPSA) is 90.5 Å². The number of carbonyl (C=O) groups excluding carboxylic acids is 2. The first kappa shape index (κ1) is 17.9. The van der Waals surface area contributed by atoms with E-state index in [1.165, 1.54) is 23.7 Å². The SMILES string of the molecule is O=C(CNc1cccc(F)c1)NC(C(=O)NO)c1ccc(Br)cc1. The molecule has 8 heteroatoms. The molecule has 0 bridgehead atoms. The zero-order valence-corrected chi connectivity index (χ0v) is 14.0. The van der Waals surface area contributed by atoms with E-state index in [0.29, 0.717) is 11.3 Å². The van der Waals surface area contributed by atoms with Gasteiger partial charge < -0.3 is 10.6 Å². The van der Waals surface area contributed by atoms with Crippen molar-refractivity contribution in [2.24, 2.45) is 0 Å². The summed E-state index contributed by atoms with van der Waals surface area (Å²) in [4.78, 5) is 23.8. The lowest BCUT2D eigenvalue weighted by Gasteiger charge is -2.17. The molecule has 4 N–H and O–H groups in total. The number of rotatable bonds is 6. The Labute approximate surface area is 146 Å². The summed E-state index contributed by atoms with van der Waals surface area (Å²) in [6, 6.07) is 11.3. The van der Waals surface area contributed by atoms with Crippen LogP contribution in [0.3, 0.4) is 0 Å². The second kappa shape index (κ2) is 8.42. The van der Waals surface area contributed by atoms with Gasteiger partial charge in [0.2, 0.25) is 5.91 Å². The number of nitrogens with one attached hydrogen (secondary N) is 3. The van der Waals surface area contributed by atoms with Crippen LogP contribution in [0.5, 0.6) is 0 Å². The van der Waals surface area contributed by atoms with Crippen LogP contribution in [0.1, 0.15) is 11.6 Å². The number of hydroxylamine groups is 1. The highest BCUT2D eigenvalue weighted by Crippen LogP contribution is 2.17. The molecule has 126 valence electrons. The van der Waals surface area contributed by atoms with Crippen LogP contribution in [0.25, 0.3) is 0 Å². The Balaban J connectivity index is 2.02. The fourth-order valence-electron chi connectivity index (χ4n) is 2.01. The van der Waals surface area contributed by atoms with Gasteiger partial charge in [-0.25, -0.2) is 9.87 Å². The van der Waals surface area contributed by atoms with Crippen LogP contribution >= 0.6 is 15.9 Å². The molecule has 0 saturated carbocycles. The van der Waals surface area contributed by atoms with Gasteiger partial charge in [-0.3, -0.25) is 14.8 Å². The molecule has 0 aromatic heterocycles. The summed E-state index contributed by atoms with van der Waals surface area (Å²) in [5.74, 6) is -1.68. The van der Waals surface area contributed by atoms with Crippen LogP contribution in [0.15, 0.2) is 53.0 Å². The van der Waals surface area contributed by atoms with E-state index in [4.69, 9.17) is 5.21 Å². The summed E-state index contributed by atoms with van der Waals surface area (Å²) in [7, 11) is 0. The molecule has 1 unspecified atom stereocenters. The predicted molar refractivity (Wildman–Crippen MR) is 89.8 cm³/mol. The molecule has 2 rings (SSSR count). The lowest BCUT2D eigenvalue weighted by molar-refractivity contribution is -0.134. The van der Waals surface area contributed by atoms with Gasteiger partial charge in [0.15, 0.2) is 0 Å². The predicted octanol–water partition coefficient (Wildman–Crippen LogP) is 2.36. The number of hydrogen-bond acceptors (Lipinski definition) is 4. The molecule has 2 aromatic carbocycles. The minimum absolute atomic E-state index is 0.158. The van der Waals surface area contributed by atoms with Gasteiger partial charge in [-0.2, -0.15) is 0 Å². The number of hydrogen-bond donors (Lipinski definition) is 4. The monoisotopic (exact) mass is 395 g/mol. The molecular formula is C16H15BrFN3O3. The first-order chi connectivity index (χ1) is 11.5. The van der Waals surface area contributed by atoms with Crippen molar-refractivity contribution in [2.75, 3.05) is 11.9 Å². The Hall–Kier alpha value is -2.45. The Kier molecular flexibility index (Phi) is 6.28. The van der Waals surface area contributed by atoms with Crippen LogP contribution in [0.2, 0.25) is 0 Å². The normalized spacial score (nSPS) is 11.5. The molecule has 2 amide bonds. The van der Waals surface area contributed by atoms with Crippen LogP contribution in [-0.4, -0.2) is 23.6 Å². The standard InChI is InChI=1S/C16H15BrFN3O3/c17-11-6-4-10(5-7-11)15(16(23)21-24)20-14(22)9-19-13-3-1-2-12(18)8-13/h1-8,15,19,24H,9H2,(H,20,22)(H,21,23). The van der Waals surface area contributed by atoms with E-state index in [1.54, 1.807) is 30.3 Å². The molecule has 0 aliphatic rings. The van der Waals surface area contributed by atoms with Crippen molar-refractivity contribution in [1.82, 2.24) is 10.8 Å². The summed E-state index contributed by atoms with van der Waals surface area (Å²) in [6.45, 7) is -0.158. The van der Waals surface area contributed by atoms with Crippen LogP contribution < -0.4 is 16.1 Å². The molecule has 0 radical (unpaired) electrons. The number of halogens is 2. The van der Waals surface area contributed by atoms with Crippen molar-refractivity contribution >= 4 is 33.4 Å². The van der Waals surface area contributed by atoms with E-state index < -0.39 is 23.7 Å². The van der Waals surface area contributed by atoms with Gasteiger partial charge in [0.05, 0.1) is 6.54 Å². The second-order valence-corrected chi connectivity index (χ2v) is 5.81. The second-order valence-electron chi connectivity index (χ2n) is 4.89. The number of anilines is 1.